The fourth-order valence-electron chi connectivity index (χ4n) is 2.38. The van der Waals surface area contributed by atoms with Gasteiger partial charge in [0.15, 0.2) is 0 Å². The van der Waals surface area contributed by atoms with E-state index in [4.69, 9.17) is 9.52 Å². The second kappa shape index (κ2) is 7.42. The Morgan fingerprint density at radius 2 is 1.96 bits per heavy atom. The molecular weight excluding hydrogens is 346 g/mol. The van der Waals surface area contributed by atoms with Gasteiger partial charge in [0.1, 0.15) is 22.1 Å². The molecule has 0 aromatic carbocycles. The molecule has 0 aliphatic carbocycles. The number of nitrogens with zero attached hydrogens (tertiary/aromatic N) is 3. The first-order chi connectivity index (χ1) is 11.6. The maximum Gasteiger partial charge on any atom is 0.352 e. The Balaban J connectivity index is 2.36. The van der Waals surface area contributed by atoms with E-state index in [9.17, 15) is 13.2 Å². The van der Waals surface area contributed by atoms with E-state index in [1.54, 1.807) is 19.1 Å². The largest absolute Gasteiger partial charge is 0.477 e. The summed E-state index contributed by atoms with van der Waals surface area (Å²) in [6.45, 7) is 2.66. The third-order valence-electron chi connectivity index (χ3n) is 3.76. The first-order valence-electron chi connectivity index (χ1n) is 7.71. The number of likely N-dealkylation sites (N-methyl/N-ethyl adjacent to an activating group) is 1. The quantitative estimate of drug-likeness (QED) is 0.755. The molecule has 2 heterocycles. The van der Waals surface area contributed by atoms with Crippen molar-refractivity contribution in [3.8, 4) is 0 Å². The molecule has 0 amide bonds. The first-order valence-corrected chi connectivity index (χ1v) is 9.15. The van der Waals surface area contributed by atoms with Gasteiger partial charge in [-0.05, 0) is 39.2 Å². The van der Waals surface area contributed by atoms with E-state index in [0.29, 0.717) is 18.1 Å². The second-order valence-corrected chi connectivity index (χ2v) is 8.07. The van der Waals surface area contributed by atoms with Crippen LogP contribution in [0.3, 0.4) is 0 Å². The van der Waals surface area contributed by atoms with E-state index in [0.717, 1.165) is 0 Å². The number of sulfonamides is 1. The summed E-state index contributed by atoms with van der Waals surface area (Å²) < 4.78 is 34.1. The molecule has 25 heavy (non-hydrogen) atoms. The van der Waals surface area contributed by atoms with Gasteiger partial charge >= 0.3 is 5.97 Å². The Morgan fingerprint density at radius 1 is 1.28 bits per heavy atom. The fourth-order valence-corrected chi connectivity index (χ4v) is 3.85. The van der Waals surface area contributed by atoms with Crippen molar-refractivity contribution >= 4 is 16.0 Å². The maximum atomic E-state index is 13.0. The number of carboxylic acids is 1. The second-order valence-electron chi connectivity index (χ2n) is 6.13. The molecule has 0 aliphatic rings. The van der Waals surface area contributed by atoms with Crippen molar-refractivity contribution in [1.82, 2.24) is 13.8 Å². The molecule has 138 valence electrons. The van der Waals surface area contributed by atoms with Gasteiger partial charge in [0.2, 0.25) is 10.0 Å². The van der Waals surface area contributed by atoms with E-state index in [2.05, 4.69) is 0 Å². The zero-order chi connectivity index (χ0) is 18.8. The van der Waals surface area contributed by atoms with Crippen molar-refractivity contribution in [2.75, 3.05) is 27.2 Å². The molecular formula is C16H23N3O5S. The predicted molar refractivity (Wildman–Crippen MR) is 92.0 cm³/mol. The van der Waals surface area contributed by atoms with E-state index in [-0.39, 0.29) is 23.7 Å². The van der Waals surface area contributed by atoms with E-state index >= 15 is 0 Å². The highest BCUT2D eigenvalue weighted by molar-refractivity contribution is 7.89. The van der Waals surface area contributed by atoms with Gasteiger partial charge in [-0.2, -0.15) is 4.31 Å². The van der Waals surface area contributed by atoms with Crippen molar-refractivity contribution in [1.29, 1.82) is 0 Å². The fraction of sp³-hybridized carbons (Fsp3) is 0.438. The van der Waals surface area contributed by atoms with Crippen LogP contribution in [0.2, 0.25) is 0 Å². The lowest BCUT2D eigenvalue weighted by Crippen LogP contribution is -2.36. The van der Waals surface area contributed by atoms with Gasteiger partial charge in [0, 0.05) is 26.3 Å². The van der Waals surface area contributed by atoms with Crippen molar-refractivity contribution in [3.05, 3.63) is 41.6 Å². The molecule has 0 radical (unpaired) electrons. The molecule has 2 aromatic heterocycles. The van der Waals surface area contributed by atoms with Crippen LogP contribution in [0.1, 0.15) is 22.0 Å². The van der Waals surface area contributed by atoms with Crippen LogP contribution in [-0.4, -0.2) is 60.5 Å². The third kappa shape index (κ3) is 4.50. The number of furan rings is 1. The molecule has 0 saturated carbocycles. The molecule has 0 bridgehead atoms. The highest BCUT2D eigenvalue weighted by Gasteiger charge is 2.28. The summed E-state index contributed by atoms with van der Waals surface area (Å²) in [5, 5.41) is 9.15. The molecule has 8 nitrogen and oxygen atoms in total. The zero-order valence-corrected chi connectivity index (χ0v) is 15.6. The molecule has 2 rings (SSSR count). The third-order valence-corrected chi connectivity index (χ3v) is 5.57. The van der Waals surface area contributed by atoms with Gasteiger partial charge in [0.05, 0.1) is 6.54 Å². The van der Waals surface area contributed by atoms with Gasteiger partial charge < -0.3 is 19.0 Å². The highest BCUT2D eigenvalue weighted by Crippen LogP contribution is 2.21. The summed E-state index contributed by atoms with van der Waals surface area (Å²) >= 11 is 0. The maximum absolute atomic E-state index is 13.0. The van der Waals surface area contributed by atoms with Crippen molar-refractivity contribution in [2.45, 2.75) is 18.4 Å². The number of hydrogen-bond donors (Lipinski definition) is 1. The minimum atomic E-state index is -3.86. The summed E-state index contributed by atoms with van der Waals surface area (Å²) in [6.07, 6.45) is 1.31. The van der Waals surface area contributed by atoms with Crippen LogP contribution in [0.25, 0.3) is 0 Å². The van der Waals surface area contributed by atoms with Crippen LogP contribution in [0.5, 0.6) is 0 Å². The predicted octanol–water partition coefficient (Wildman–Crippen LogP) is 1.38. The van der Waals surface area contributed by atoms with Gasteiger partial charge in [-0.3, -0.25) is 0 Å². The van der Waals surface area contributed by atoms with Crippen molar-refractivity contribution in [2.24, 2.45) is 7.05 Å². The van der Waals surface area contributed by atoms with Crippen LogP contribution >= 0.6 is 0 Å². The molecule has 0 unspecified atom stereocenters. The average molecular weight is 369 g/mol. The van der Waals surface area contributed by atoms with Gasteiger partial charge in [-0.15, -0.1) is 0 Å². The lowest BCUT2D eigenvalue weighted by Gasteiger charge is -2.22. The number of aromatic nitrogens is 1. The molecule has 9 heteroatoms. The number of rotatable bonds is 8. The van der Waals surface area contributed by atoms with E-state index < -0.39 is 16.0 Å². The lowest BCUT2D eigenvalue weighted by molar-refractivity contribution is 0.0686. The number of aryl methyl sites for hydroxylation is 2. The topological polar surface area (TPSA) is 96.0 Å². The van der Waals surface area contributed by atoms with Crippen LogP contribution in [-0.2, 0) is 23.6 Å². The van der Waals surface area contributed by atoms with Crippen LogP contribution in [0.15, 0.2) is 33.7 Å². The van der Waals surface area contributed by atoms with Crippen LogP contribution in [0.4, 0.5) is 0 Å². The number of carboxylic acid groups (broad SMARTS) is 1. The smallest absolute Gasteiger partial charge is 0.352 e. The van der Waals surface area contributed by atoms with Gasteiger partial charge in [0.25, 0.3) is 0 Å². The van der Waals surface area contributed by atoms with Gasteiger partial charge in [-0.1, -0.05) is 0 Å². The normalized spacial score (nSPS) is 12.2. The first kappa shape index (κ1) is 19.2. The zero-order valence-electron chi connectivity index (χ0n) is 14.8. The van der Waals surface area contributed by atoms with E-state index in [1.165, 1.54) is 28.2 Å². The summed E-state index contributed by atoms with van der Waals surface area (Å²) in [6, 6.07) is 4.69. The summed E-state index contributed by atoms with van der Waals surface area (Å²) in [5.74, 6) is 0.0625. The highest BCUT2D eigenvalue weighted by atomic mass is 32.2. The van der Waals surface area contributed by atoms with Crippen molar-refractivity contribution < 1.29 is 22.7 Å². The Morgan fingerprint density at radius 3 is 2.44 bits per heavy atom. The number of carbonyl (C=O) groups is 1. The Labute approximate surface area is 147 Å². The number of aromatic carboxylic acids is 1. The number of hydrogen-bond acceptors (Lipinski definition) is 5. The minimum Gasteiger partial charge on any atom is -0.477 e. The average Bonchev–Trinajstić information content (AvgIpc) is 3.09. The summed E-state index contributed by atoms with van der Waals surface area (Å²) in [4.78, 5) is 13.0. The van der Waals surface area contributed by atoms with E-state index in [1.807, 2.05) is 19.0 Å². The van der Waals surface area contributed by atoms with Crippen molar-refractivity contribution in [3.63, 3.8) is 0 Å². The Bertz CT molecular complexity index is 851. The standard InChI is InChI=1S/C16H23N3O5S/c1-12-5-6-13(24-12)10-19(8-7-17(2)3)25(22,23)14-9-15(16(20)21)18(4)11-14/h5-6,9,11H,7-8,10H2,1-4H3,(H,20,21). The molecule has 2 aromatic rings. The van der Waals surface area contributed by atoms with Crippen LogP contribution in [0, 0.1) is 6.92 Å². The minimum absolute atomic E-state index is 0.0468. The SMILES string of the molecule is Cc1ccc(CN(CCN(C)C)S(=O)(=O)c2cc(C(=O)O)n(C)c2)o1. The monoisotopic (exact) mass is 369 g/mol. The molecule has 0 fully saturated rings. The molecule has 0 saturated heterocycles. The Hall–Kier alpha value is -2.10. The van der Waals surface area contributed by atoms with Crippen LogP contribution < -0.4 is 0 Å². The lowest BCUT2D eigenvalue weighted by atomic mass is 10.4. The summed E-state index contributed by atoms with van der Waals surface area (Å²) in [5.41, 5.74) is -0.0834. The summed E-state index contributed by atoms with van der Waals surface area (Å²) in [7, 11) is 1.35. The van der Waals surface area contributed by atoms with Gasteiger partial charge in [-0.25, -0.2) is 13.2 Å². The molecule has 0 spiro atoms. The molecule has 0 atom stereocenters. The molecule has 0 aliphatic heterocycles. The molecule has 1 N–H and O–H groups in total. The Kier molecular flexibility index (Phi) is 5.71.